The molecule has 7 heteroatoms. The number of hydrogen-bond acceptors (Lipinski definition) is 6. The van der Waals surface area contributed by atoms with Crippen molar-refractivity contribution < 1.29 is 30.0 Å². The van der Waals surface area contributed by atoms with E-state index in [1.54, 1.807) is 24.3 Å². The van der Waals surface area contributed by atoms with Gasteiger partial charge in [0.25, 0.3) is 5.91 Å². The molecule has 3 aromatic rings. The maximum Gasteiger partial charge on any atom is 0.263 e. The van der Waals surface area contributed by atoms with Crippen molar-refractivity contribution in [2.75, 3.05) is 0 Å². The highest BCUT2D eigenvalue weighted by atomic mass is 16.3. The standard InChI is InChI=1S/C24H19NO6/c26-17-7-1-14(2-8-17)13-20(29)25-23(30)21(15-3-9-18(27)10-4-15)22(24(25)31)16-5-11-19(28)12-6-16/h1-12,23,26-28,30H,13H2/t23-/m1/s1. The Kier molecular flexibility index (Phi) is 5.19. The number of benzene rings is 3. The molecule has 4 N–H and O–H groups in total. The number of aromatic hydroxyl groups is 3. The maximum atomic E-state index is 13.3. The number of aliphatic hydroxyl groups is 1. The summed E-state index contributed by atoms with van der Waals surface area (Å²) in [7, 11) is 0. The van der Waals surface area contributed by atoms with Crippen molar-refractivity contribution in [3.8, 4) is 17.2 Å². The Balaban J connectivity index is 1.75. The molecule has 2 amide bonds. The Labute approximate surface area is 177 Å². The summed E-state index contributed by atoms with van der Waals surface area (Å²) in [6.45, 7) is 0. The molecule has 0 spiro atoms. The minimum Gasteiger partial charge on any atom is -0.508 e. The van der Waals surface area contributed by atoms with E-state index in [1.165, 1.54) is 48.5 Å². The predicted molar refractivity (Wildman–Crippen MR) is 113 cm³/mol. The number of imide groups is 1. The summed E-state index contributed by atoms with van der Waals surface area (Å²) in [5, 5.41) is 39.6. The molecule has 0 aromatic heterocycles. The topological polar surface area (TPSA) is 118 Å². The number of nitrogens with zero attached hydrogens (tertiary/aromatic N) is 1. The lowest BCUT2D eigenvalue weighted by atomic mass is 9.96. The van der Waals surface area contributed by atoms with Crippen LogP contribution in [0.2, 0.25) is 0 Å². The molecule has 0 saturated carbocycles. The van der Waals surface area contributed by atoms with Crippen molar-refractivity contribution in [3.05, 3.63) is 89.5 Å². The zero-order valence-electron chi connectivity index (χ0n) is 16.3. The molecular weight excluding hydrogens is 398 g/mol. The van der Waals surface area contributed by atoms with Crippen molar-refractivity contribution in [2.45, 2.75) is 12.6 Å². The third-order valence-corrected chi connectivity index (χ3v) is 5.10. The van der Waals surface area contributed by atoms with Crippen LogP contribution >= 0.6 is 0 Å². The van der Waals surface area contributed by atoms with Gasteiger partial charge < -0.3 is 20.4 Å². The second-order valence-corrected chi connectivity index (χ2v) is 7.17. The Bertz CT molecular complexity index is 1160. The molecule has 0 aliphatic carbocycles. The van der Waals surface area contributed by atoms with Crippen molar-refractivity contribution in [3.63, 3.8) is 0 Å². The van der Waals surface area contributed by atoms with Crippen LogP contribution in [0.15, 0.2) is 72.8 Å². The van der Waals surface area contributed by atoms with Gasteiger partial charge in [-0.15, -0.1) is 0 Å². The van der Waals surface area contributed by atoms with Gasteiger partial charge in [-0.05, 0) is 53.1 Å². The largest absolute Gasteiger partial charge is 0.508 e. The van der Waals surface area contributed by atoms with Crippen molar-refractivity contribution in [1.82, 2.24) is 4.90 Å². The zero-order valence-corrected chi connectivity index (χ0v) is 16.3. The second-order valence-electron chi connectivity index (χ2n) is 7.17. The van der Waals surface area contributed by atoms with E-state index in [-0.39, 0.29) is 34.8 Å². The molecule has 4 rings (SSSR count). The van der Waals surface area contributed by atoms with Crippen LogP contribution in [0.25, 0.3) is 11.1 Å². The molecule has 1 atom stereocenters. The van der Waals surface area contributed by atoms with Gasteiger partial charge in [-0.3, -0.25) is 9.59 Å². The monoisotopic (exact) mass is 417 g/mol. The first-order valence-electron chi connectivity index (χ1n) is 9.50. The molecule has 1 aliphatic rings. The van der Waals surface area contributed by atoms with Gasteiger partial charge in [-0.2, -0.15) is 0 Å². The van der Waals surface area contributed by atoms with Crippen molar-refractivity contribution in [2.24, 2.45) is 0 Å². The summed E-state index contributed by atoms with van der Waals surface area (Å²) >= 11 is 0. The van der Waals surface area contributed by atoms with E-state index >= 15 is 0 Å². The van der Waals surface area contributed by atoms with E-state index in [0.717, 1.165) is 4.90 Å². The Morgan fingerprint density at radius 2 is 1.19 bits per heavy atom. The number of rotatable bonds is 4. The van der Waals surface area contributed by atoms with Crippen LogP contribution in [0.1, 0.15) is 16.7 Å². The van der Waals surface area contributed by atoms with Crippen LogP contribution in [0.4, 0.5) is 0 Å². The predicted octanol–water partition coefficient (Wildman–Crippen LogP) is 2.64. The van der Waals surface area contributed by atoms with Gasteiger partial charge in [0.15, 0.2) is 6.23 Å². The van der Waals surface area contributed by atoms with Gasteiger partial charge in [0.1, 0.15) is 17.2 Å². The molecule has 0 radical (unpaired) electrons. The zero-order chi connectivity index (χ0) is 22.1. The fraction of sp³-hybridized carbons (Fsp3) is 0.0833. The number of carbonyl (C=O) groups excluding carboxylic acids is 2. The number of carbonyl (C=O) groups is 2. The molecule has 7 nitrogen and oxygen atoms in total. The summed E-state index contributed by atoms with van der Waals surface area (Å²) < 4.78 is 0. The Hall–Kier alpha value is -4.10. The number of hydrogen-bond donors (Lipinski definition) is 4. The van der Waals surface area contributed by atoms with Gasteiger partial charge in [-0.25, -0.2) is 4.90 Å². The SMILES string of the molecule is O=C(Cc1ccc(O)cc1)N1C(=O)C(c2ccc(O)cc2)=C(c2ccc(O)cc2)[C@H]1O. The highest BCUT2D eigenvalue weighted by molar-refractivity contribution is 6.34. The molecule has 31 heavy (non-hydrogen) atoms. The number of phenolic OH excluding ortho intramolecular Hbond substituents is 3. The summed E-state index contributed by atoms with van der Waals surface area (Å²) in [6, 6.07) is 17.8. The highest BCUT2D eigenvalue weighted by Crippen LogP contribution is 2.39. The fourth-order valence-electron chi connectivity index (χ4n) is 3.57. The molecule has 156 valence electrons. The molecule has 1 aliphatic heterocycles. The van der Waals surface area contributed by atoms with Gasteiger partial charge in [-0.1, -0.05) is 36.4 Å². The lowest BCUT2D eigenvalue weighted by Crippen LogP contribution is -2.41. The minimum absolute atomic E-state index is 0.0155. The minimum atomic E-state index is -1.52. The molecule has 0 unspecified atom stereocenters. The maximum absolute atomic E-state index is 13.3. The van der Waals surface area contributed by atoms with Gasteiger partial charge in [0.2, 0.25) is 5.91 Å². The van der Waals surface area contributed by atoms with Crippen LogP contribution < -0.4 is 0 Å². The third-order valence-electron chi connectivity index (χ3n) is 5.10. The molecular formula is C24H19NO6. The summed E-state index contributed by atoms with van der Waals surface area (Å²) in [5.41, 5.74) is 1.85. The van der Waals surface area contributed by atoms with E-state index in [2.05, 4.69) is 0 Å². The molecule has 0 bridgehead atoms. The Morgan fingerprint density at radius 1 is 0.742 bits per heavy atom. The second kappa shape index (κ2) is 7.97. The molecule has 0 fully saturated rings. The van der Waals surface area contributed by atoms with E-state index in [1.807, 2.05) is 0 Å². The van der Waals surface area contributed by atoms with Crippen LogP contribution in [0.3, 0.4) is 0 Å². The normalized spacial score (nSPS) is 16.1. The number of amides is 2. The van der Waals surface area contributed by atoms with Gasteiger partial charge >= 0.3 is 0 Å². The average Bonchev–Trinajstić information content (AvgIpc) is 3.01. The molecule has 3 aromatic carbocycles. The van der Waals surface area contributed by atoms with Crippen LogP contribution in [0.5, 0.6) is 17.2 Å². The summed E-state index contributed by atoms with van der Waals surface area (Å²) in [4.78, 5) is 27.0. The van der Waals surface area contributed by atoms with Crippen molar-refractivity contribution in [1.29, 1.82) is 0 Å². The van der Waals surface area contributed by atoms with Crippen molar-refractivity contribution >= 4 is 23.0 Å². The first-order valence-corrected chi connectivity index (χ1v) is 9.50. The average molecular weight is 417 g/mol. The van der Waals surface area contributed by atoms with E-state index in [0.29, 0.717) is 16.7 Å². The van der Waals surface area contributed by atoms with E-state index in [9.17, 15) is 30.0 Å². The molecule has 0 saturated heterocycles. The Morgan fingerprint density at radius 3 is 1.71 bits per heavy atom. The lowest BCUT2D eigenvalue weighted by molar-refractivity contribution is -0.147. The van der Waals surface area contributed by atoms with Crippen LogP contribution in [-0.4, -0.2) is 43.4 Å². The van der Waals surface area contributed by atoms with E-state index in [4.69, 9.17) is 0 Å². The quantitative estimate of drug-likeness (QED) is 0.518. The van der Waals surface area contributed by atoms with E-state index < -0.39 is 18.0 Å². The fourth-order valence-corrected chi connectivity index (χ4v) is 3.57. The third kappa shape index (κ3) is 3.86. The number of phenols is 3. The van der Waals surface area contributed by atoms with Crippen LogP contribution in [0, 0.1) is 0 Å². The summed E-state index contributed by atoms with van der Waals surface area (Å²) in [6.07, 6.45) is -1.67. The van der Waals surface area contributed by atoms with Gasteiger partial charge in [0, 0.05) is 5.57 Å². The first-order chi connectivity index (χ1) is 14.8. The highest BCUT2D eigenvalue weighted by Gasteiger charge is 2.42. The smallest absolute Gasteiger partial charge is 0.263 e. The molecule has 1 heterocycles. The first kappa shape index (κ1) is 20.2. The number of aliphatic hydroxyl groups excluding tert-OH is 1. The van der Waals surface area contributed by atoms with Gasteiger partial charge in [0.05, 0.1) is 12.0 Å². The van der Waals surface area contributed by atoms with Crippen LogP contribution in [-0.2, 0) is 16.0 Å². The summed E-state index contributed by atoms with van der Waals surface area (Å²) in [5.74, 6) is -1.17. The lowest BCUT2D eigenvalue weighted by Gasteiger charge is -2.21.